The molecule has 9 heteroatoms. The number of hydrogen-bond acceptors (Lipinski definition) is 6. The van der Waals surface area contributed by atoms with Crippen molar-refractivity contribution in [3.05, 3.63) is 59.7 Å². The zero-order valence-corrected chi connectivity index (χ0v) is 18.0. The van der Waals surface area contributed by atoms with Gasteiger partial charge in [-0.3, -0.25) is 4.79 Å². The smallest absolute Gasteiger partial charge is 0.234 e. The second-order valence-electron chi connectivity index (χ2n) is 6.97. The number of carbonyl (C=O) groups is 1. The number of thioether (sulfide) groups is 1. The van der Waals surface area contributed by atoms with Crippen molar-refractivity contribution in [3.63, 3.8) is 0 Å². The normalized spacial score (nSPS) is 13.0. The van der Waals surface area contributed by atoms with Gasteiger partial charge in [0.25, 0.3) is 0 Å². The van der Waals surface area contributed by atoms with E-state index in [1.54, 1.807) is 12.1 Å². The van der Waals surface area contributed by atoms with E-state index in [2.05, 4.69) is 15.5 Å². The minimum atomic E-state index is -0.463. The van der Waals surface area contributed by atoms with E-state index in [1.165, 1.54) is 23.9 Å². The highest BCUT2D eigenvalue weighted by Gasteiger charge is 2.16. The van der Waals surface area contributed by atoms with Crippen LogP contribution in [0, 0.1) is 5.82 Å². The third-order valence-corrected chi connectivity index (χ3v) is 5.73. The van der Waals surface area contributed by atoms with Crippen LogP contribution in [0.3, 0.4) is 0 Å². The lowest BCUT2D eigenvalue weighted by Gasteiger charge is -2.10. The Morgan fingerprint density at radius 3 is 2.77 bits per heavy atom. The Bertz CT molecular complexity index is 1070. The van der Waals surface area contributed by atoms with Crippen LogP contribution in [0.1, 0.15) is 24.7 Å². The number of ether oxygens (including phenoxy) is 2. The van der Waals surface area contributed by atoms with E-state index in [0.29, 0.717) is 31.3 Å². The van der Waals surface area contributed by atoms with E-state index in [9.17, 15) is 9.18 Å². The number of carbonyl (C=O) groups excluding carboxylic acids is 1. The number of amides is 1. The van der Waals surface area contributed by atoms with E-state index in [4.69, 9.17) is 9.47 Å². The topological polar surface area (TPSA) is 78.3 Å². The van der Waals surface area contributed by atoms with Crippen molar-refractivity contribution in [2.45, 2.75) is 31.5 Å². The van der Waals surface area contributed by atoms with E-state index < -0.39 is 5.82 Å². The summed E-state index contributed by atoms with van der Waals surface area (Å²) in [5.41, 5.74) is 1.21. The quantitative estimate of drug-likeness (QED) is 0.559. The first-order valence-electron chi connectivity index (χ1n) is 10.1. The van der Waals surface area contributed by atoms with Crippen molar-refractivity contribution in [2.24, 2.45) is 0 Å². The van der Waals surface area contributed by atoms with Crippen LogP contribution in [0.15, 0.2) is 47.6 Å². The van der Waals surface area contributed by atoms with E-state index in [0.717, 1.165) is 29.3 Å². The molecule has 0 unspecified atom stereocenters. The lowest BCUT2D eigenvalue weighted by atomic mass is 10.1. The van der Waals surface area contributed by atoms with E-state index >= 15 is 0 Å². The zero-order valence-electron chi connectivity index (χ0n) is 17.1. The van der Waals surface area contributed by atoms with E-state index in [-0.39, 0.29) is 17.3 Å². The Labute approximate surface area is 184 Å². The summed E-state index contributed by atoms with van der Waals surface area (Å²) in [6.45, 7) is 3.97. The molecule has 1 aliphatic heterocycles. The molecule has 31 heavy (non-hydrogen) atoms. The van der Waals surface area contributed by atoms with Crippen molar-refractivity contribution in [2.75, 3.05) is 24.3 Å². The Balaban J connectivity index is 1.41. The number of nitrogens with zero attached hydrogens (tertiary/aromatic N) is 3. The lowest BCUT2D eigenvalue weighted by molar-refractivity contribution is -0.113. The molecule has 0 spiro atoms. The first kappa shape index (κ1) is 21.2. The van der Waals surface area contributed by atoms with Gasteiger partial charge in [-0.25, -0.2) is 4.39 Å². The molecular formula is C22H23FN4O3S. The van der Waals surface area contributed by atoms with Gasteiger partial charge in [0.1, 0.15) is 11.6 Å². The standard InChI is InChI=1S/C22H23FN4O3S/c1-2-27-20(13-15-8-9-18-19(12-15)30-11-5-10-29-18)25-26-22(27)31-14-21(28)24-17-7-4-3-6-16(17)23/h3-4,6-9,12H,2,5,10-11,13-14H2,1H3,(H,24,28). The molecule has 0 radical (unpaired) electrons. The highest BCUT2D eigenvalue weighted by molar-refractivity contribution is 7.99. The summed E-state index contributed by atoms with van der Waals surface area (Å²) in [6, 6.07) is 12.0. The molecular weight excluding hydrogens is 419 g/mol. The summed E-state index contributed by atoms with van der Waals surface area (Å²) < 4.78 is 27.1. The monoisotopic (exact) mass is 442 g/mol. The Kier molecular flexibility index (Phi) is 6.71. The van der Waals surface area contributed by atoms with Crippen molar-refractivity contribution in [1.29, 1.82) is 0 Å². The maximum Gasteiger partial charge on any atom is 0.234 e. The largest absolute Gasteiger partial charge is 0.490 e. The van der Waals surface area contributed by atoms with Gasteiger partial charge in [-0.2, -0.15) is 0 Å². The van der Waals surface area contributed by atoms with Gasteiger partial charge < -0.3 is 19.4 Å². The molecule has 0 saturated carbocycles. The third kappa shape index (κ3) is 5.16. The van der Waals surface area contributed by atoms with Crippen LogP contribution in [0.5, 0.6) is 11.5 Å². The second kappa shape index (κ2) is 9.82. The van der Waals surface area contributed by atoms with Crippen LogP contribution in [-0.4, -0.2) is 39.6 Å². The Hall–Kier alpha value is -3.07. The molecule has 2 aromatic carbocycles. The molecule has 1 N–H and O–H groups in total. The number of fused-ring (bicyclic) bond motifs is 1. The molecule has 0 bridgehead atoms. The van der Waals surface area contributed by atoms with Crippen LogP contribution in [0.4, 0.5) is 10.1 Å². The summed E-state index contributed by atoms with van der Waals surface area (Å²) >= 11 is 1.27. The molecule has 0 saturated heterocycles. The summed E-state index contributed by atoms with van der Waals surface area (Å²) in [7, 11) is 0. The predicted molar refractivity (Wildman–Crippen MR) is 116 cm³/mol. The number of hydrogen-bond donors (Lipinski definition) is 1. The summed E-state index contributed by atoms with van der Waals surface area (Å²) in [5, 5.41) is 11.8. The molecule has 7 nitrogen and oxygen atoms in total. The number of nitrogens with one attached hydrogen (secondary N) is 1. The molecule has 3 aromatic rings. The number of rotatable bonds is 7. The fraction of sp³-hybridized carbons (Fsp3) is 0.318. The van der Waals surface area contributed by atoms with Crippen LogP contribution in [0.25, 0.3) is 0 Å². The fourth-order valence-electron chi connectivity index (χ4n) is 3.25. The molecule has 2 heterocycles. The second-order valence-corrected chi connectivity index (χ2v) is 7.91. The highest BCUT2D eigenvalue weighted by Crippen LogP contribution is 2.31. The molecule has 1 aliphatic rings. The van der Waals surface area contributed by atoms with Crippen LogP contribution in [-0.2, 0) is 17.8 Å². The van der Waals surface area contributed by atoms with Gasteiger partial charge in [-0.1, -0.05) is 30.0 Å². The minimum Gasteiger partial charge on any atom is -0.490 e. The molecule has 4 rings (SSSR count). The van der Waals surface area contributed by atoms with Gasteiger partial charge in [0, 0.05) is 19.4 Å². The molecule has 162 valence electrons. The SMILES string of the molecule is CCn1c(Cc2ccc3c(c2)OCCCO3)nnc1SCC(=O)Nc1ccccc1F. The summed E-state index contributed by atoms with van der Waals surface area (Å²) in [6.07, 6.45) is 1.44. The average molecular weight is 443 g/mol. The van der Waals surface area contributed by atoms with Crippen molar-refractivity contribution in [1.82, 2.24) is 14.8 Å². The minimum absolute atomic E-state index is 0.108. The first-order chi connectivity index (χ1) is 15.1. The number of benzene rings is 2. The molecule has 0 fully saturated rings. The van der Waals surface area contributed by atoms with Crippen molar-refractivity contribution >= 4 is 23.4 Å². The molecule has 0 aliphatic carbocycles. The van der Waals surface area contributed by atoms with Crippen molar-refractivity contribution < 1.29 is 18.7 Å². The third-order valence-electron chi connectivity index (χ3n) is 4.76. The van der Waals surface area contributed by atoms with Crippen LogP contribution in [0.2, 0.25) is 0 Å². The maximum absolute atomic E-state index is 13.7. The molecule has 1 aromatic heterocycles. The van der Waals surface area contributed by atoms with Crippen LogP contribution < -0.4 is 14.8 Å². The van der Waals surface area contributed by atoms with Gasteiger partial charge in [0.15, 0.2) is 16.7 Å². The Morgan fingerprint density at radius 1 is 1.16 bits per heavy atom. The van der Waals surface area contributed by atoms with Gasteiger partial charge in [-0.15, -0.1) is 10.2 Å². The predicted octanol–water partition coefficient (Wildman–Crippen LogP) is 3.92. The number of halogens is 1. The summed E-state index contributed by atoms with van der Waals surface area (Å²) in [4.78, 5) is 12.2. The number of anilines is 1. The van der Waals surface area contributed by atoms with Gasteiger partial charge in [-0.05, 0) is 36.8 Å². The molecule has 1 amide bonds. The highest BCUT2D eigenvalue weighted by atomic mass is 32.2. The van der Waals surface area contributed by atoms with Crippen molar-refractivity contribution in [3.8, 4) is 11.5 Å². The lowest BCUT2D eigenvalue weighted by Crippen LogP contribution is -2.15. The van der Waals surface area contributed by atoms with E-state index in [1.807, 2.05) is 29.7 Å². The summed E-state index contributed by atoms with van der Waals surface area (Å²) in [5.74, 6) is 1.65. The molecule has 0 atom stereocenters. The zero-order chi connectivity index (χ0) is 21.6. The van der Waals surface area contributed by atoms with Gasteiger partial charge in [0.05, 0.1) is 24.7 Å². The maximum atomic E-state index is 13.7. The first-order valence-corrected chi connectivity index (χ1v) is 11.1. The number of para-hydroxylation sites is 1. The van der Waals surface area contributed by atoms with Gasteiger partial charge in [0.2, 0.25) is 5.91 Å². The Morgan fingerprint density at radius 2 is 1.97 bits per heavy atom. The van der Waals surface area contributed by atoms with Crippen LogP contribution >= 0.6 is 11.8 Å². The average Bonchev–Trinajstić information content (AvgIpc) is 3.00. The fourth-order valence-corrected chi connectivity index (χ4v) is 4.07. The number of aromatic nitrogens is 3. The van der Waals surface area contributed by atoms with Gasteiger partial charge >= 0.3 is 0 Å².